The molecule has 100 valence electrons. The lowest BCUT2D eigenvalue weighted by Gasteiger charge is -2.06. The van der Waals surface area contributed by atoms with Gasteiger partial charge in [0, 0.05) is 23.0 Å². The molecule has 2 heterocycles. The molecular formula is C13H6F2N2O2S. The predicted molar refractivity (Wildman–Crippen MR) is 69.7 cm³/mol. The van der Waals surface area contributed by atoms with Crippen LogP contribution < -0.4 is 0 Å². The summed E-state index contributed by atoms with van der Waals surface area (Å²) < 4.78 is 26.5. The average Bonchev–Trinajstić information content (AvgIpc) is 2.92. The van der Waals surface area contributed by atoms with E-state index in [-0.39, 0.29) is 16.5 Å². The van der Waals surface area contributed by atoms with Gasteiger partial charge in [-0.3, -0.25) is 0 Å². The maximum Gasteiger partial charge on any atom is 0.336 e. The number of fused-ring (bicyclic) bond motifs is 1. The Balaban J connectivity index is 2.36. The van der Waals surface area contributed by atoms with Crippen LogP contribution in [0.15, 0.2) is 29.8 Å². The summed E-state index contributed by atoms with van der Waals surface area (Å²) in [6.45, 7) is 0. The molecule has 3 aromatic rings. The molecular weight excluding hydrogens is 286 g/mol. The quantitative estimate of drug-likeness (QED) is 0.787. The van der Waals surface area contributed by atoms with E-state index in [0.29, 0.717) is 10.7 Å². The van der Waals surface area contributed by atoms with Crippen molar-refractivity contribution in [1.29, 1.82) is 0 Å². The van der Waals surface area contributed by atoms with Gasteiger partial charge in [-0.15, -0.1) is 11.3 Å². The van der Waals surface area contributed by atoms with Crippen LogP contribution in [0.5, 0.6) is 0 Å². The van der Waals surface area contributed by atoms with E-state index in [1.807, 2.05) is 0 Å². The number of aromatic nitrogens is 2. The first-order valence-corrected chi connectivity index (χ1v) is 6.37. The number of aromatic carboxylic acids is 1. The summed E-state index contributed by atoms with van der Waals surface area (Å²) in [7, 11) is 0. The molecule has 3 rings (SSSR count). The lowest BCUT2D eigenvalue weighted by atomic mass is 10.1. The number of pyridine rings is 1. The minimum Gasteiger partial charge on any atom is -0.478 e. The van der Waals surface area contributed by atoms with Gasteiger partial charge in [0.1, 0.15) is 10.7 Å². The summed E-state index contributed by atoms with van der Waals surface area (Å²) in [5.41, 5.74) is 0.254. The van der Waals surface area contributed by atoms with Gasteiger partial charge in [-0.05, 0) is 12.1 Å². The van der Waals surface area contributed by atoms with Gasteiger partial charge in [-0.25, -0.2) is 23.5 Å². The second kappa shape index (κ2) is 4.61. The molecule has 0 amide bonds. The minimum absolute atomic E-state index is 0.0525. The smallest absolute Gasteiger partial charge is 0.336 e. The van der Waals surface area contributed by atoms with Crippen molar-refractivity contribution < 1.29 is 18.7 Å². The third-order valence-corrected chi connectivity index (χ3v) is 3.53. The van der Waals surface area contributed by atoms with Gasteiger partial charge < -0.3 is 5.11 Å². The number of hydrogen-bond donors (Lipinski definition) is 1. The van der Waals surface area contributed by atoms with E-state index in [1.54, 1.807) is 11.6 Å². The van der Waals surface area contributed by atoms with E-state index in [0.717, 1.165) is 12.1 Å². The molecule has 0 fully saturated rings. The highest BCUT2D eigenvalue weighted by molar-refractivity contribution is 7.13. The molecule has 0 saturated heterocycles. The van der Waals surface area contributed by atoms with Gasteiger partial charge in [0.25, 0.3) is 0 Å². The van der Waals surface area contributed by atoms with E-state index < -0.39 is 17.6 Å². The third kappa shape index (κ3) is 2.01. The van der Waals surface area contributed by atoms with Crippen molar-refractivity contribution in [1.82, 2.24) is 9.97 Å². The number of carbonyl (C=O) groups is 1. The highest BCUT2D eigenvalue weighted by Crippen LogP contribution is 2.27. The highest BCUT2D eigenvalue weighted by atomic mass is 32.1. The monoisotopic (exact) mass is 292 g/mol. The summed E-state index contributed by atoms with van der Waals surface area (Å²) in [6, 6.07) is 3.03. The number of rotatable bonds is 2. The van der Waals surface area contributed by atoms with E-state index in [9.17, 15) is 18.7 Å². The van der Waals surface area contributed by atoms with Gasteiger partial charge >= 0.3 is 5.97 Å². The standard InChI is InChI=1S/C13H6F2N2O2S/c14-8-3-6-7(13(18)19)4-11(12-16-1-2-20-12)17-10(6)5-9(8)15/h1-5H,(H,18,19). The molecule has 0 spiro atoms. The molecule has 2 aromatic heterocycles. The summed E-state index contributed by atoms with van der Waals surface area (Å²) in [6.07, 6.45) is 1.55. The first kappa shape index (κ1) is 12.6. The molecule has 20 heavy (non-hydrogen) atoms. The first-order valence-electron chi connectivity index (χ1n) is 5.49. The summed E-state index contributed by atoms with van der Waals surface area (Å²) in [5, 5.41) is 11.5. The van der Waals surface area contributed by atoms with Crippen LogP contribution in [-0.4, -0.2) is 21.0 Å². The summed E-state index contributed by atoms with van der Waals surface area (Å²) in [5.74, 6) is -3.41. The van der Waals surface area contributed by atoms with E-state index in [2.05, 4.69) is 9.97 Å². The van der Waals surface area contributed by atoms with E-state index in [1.165, 1.54) is 17.4 Å². The van der Waals surface area contributed by atoms with Crippen molar-refractivity contribution in [2.45, 2.75) is 0 Å². The fraction of sp³-hybridized carbons (Fsp3) is 0. The molecule has 0 unspecified atom stereocenters. The van der Waals surface area contributed by atoms with Crippen LogP contribution in [0.25, 0.3) is 21.6 Å². The number of carboxylic acid groups (broad SMARTS) is 1. The molecule has 7 heteroatoms. The fourth-order valence-corrected chi connectivity index (χ4v) is 2.46. The zero-order valence-corrected chi connectivity index (χ0v) is 10.6. The van der Waals surface area contributed by atoms with Crippen molar-refractivity contribution in [3.63, 3.8) is 0 Å². The molecule has 0 aliphatic rings. The topological polar surface area (TPSA) is 63.1 Å². The maximum atomic E-state index is 13.3. The molecule has 1 aromatic carbocycles. The van der Waals surface area contributed by atoms with Crippen molar-refractivity contribution in [3.05, 3.63) is 47.0 Å². The van der Waals surface area contributed by atoms with Crippen LogP contribution in [0.2, 0.25) is 0 Å². The van der Waals surface area contributed by atoms with Crippen molar-refractivity contribution in [2.24, 2.45) is 0 Å². The van der Waals surface area contributed by atoms with Crippen LogP contribution in [0.1, 0.15) is 10.4 Å². The van der Waals surface area contributed by atoms with Crippen LogP contribution >= 0.6 is 11.3 Å². The SMILES string of the molecule is O=C(O)c1cc(-c2nccs2)nc2cc(F)c(F)cc12. The van der Waals surface area contributed by atoms with E-state index in [4.69, 9.17) is 0 Å². The Morgan fingerprint density at radius 3 is 2.60 bits per heavy atom. The lowest BCUT2D eigenvalue weighted by molar-refractivity contribution is 0.0699. The molecule has 0 bridgehead atoms. The Morgan fingerprint density at radius 2 is 1.95 bits per heavy atom. The molecule has 0 saturated carbocycles. The maximum absolute atomic E-state index is 13.3. The number of thiazole rings is 1. The van der Waals surface area contributed by atoms with Gasteiger partial charge in [-0.1, -0.05) is 0 Å². The number of hydrogen-bond acceptors (Lipinski definition) is 4. The number of carboxylic acids is 1. The van der Waals surface area contributed by atoms with Crippen molar-refractivity contribution in [3.8, 4) is 10.7 Å². The third-order valence-electron chi connectivity index (χ3n) is 2.73. The molecule has 4 nitrogen and oxygen atoms in total. The van der Waals surface area contributed by atoms with Gasteiger partial charge in [0.15, 0.2) is 11.6 Å². The predicted octanol–water partition coefficient (Wildman–Crippen LogP) is 3.33. The van der Waals surface area contributed by atoms with Crippen LogP contribution in [0, 0.1) is 11.6 Å². The number of halogens is 2. The normalized spacial score (nSPS) is 10.9. The molecule has 0 radical (unpaired) electrons. The van der Waals surface area contributed by atoms with Gasteiger partial charge in [0.2, 0.25) is 0 Å². The number of benzene rings is 1. The first-order chi connectivity index (χ1) is 9.56. The van der Waals surface area contributed by atoms with E-state index >= 15 is 0 Å². The second-order valence-electron chi connectivity index (χ2n) is 3.98. The highest BCUT2D eigenvalue weighted by Gasteiger charge is 2.16. The fourth-order valence-electron chi connectivity index (χ4n) is 1.86. The Bertz CT molecular complexity index is 819. The van der Waals surface area contributed by atoms with Crippen molar-refractivity contribution in [2.75, 3.05) is 0 Å². The lowest BCUT2D eigenvalue weighted by Crippen LogP contribution is -2.01. The van der Waals surface area contributed by atoms with Crippen LogP contribution in [0.3, 0.4) is 0 Å². The Morgan fingerprint density at radius 1 is 1.20 bits per heavy atom. The molecule has 0 atom stereocenters. The molecule has 0 aliphatic heterocycles. The van der Waals surface area contributed by atoms with Gasteiger partial charge in [-0.2, -0.15) is 0 Å². The Labute approximate surface area is 115 Å². The minimum atomic E-state index is -1.23. The molecule has 1 N–H and O–H groups in total. The molecule has 0 aliphatic carbocycles. The largest absolute Gasteiger partial charge is 0.478 e. The zero-order chi connectivity index (χ0) is 14.3. The van der Waals surface area contributed by atoms with Crippen LogP contribution in [0.4, 0.5) is 8.78 Å². The Kier molecular flexibility index (Phi) is 2.90. The Hall–Kier alpha value is -2.41. The summed E-state index contributed by atoms with van der Waals surface area (Å²) >= 11 is 1.28. The summed E-state index contributed by atoms with van der Waals surface area (Å²) in [4.78, 5) is 19.4. The zero-order valence-electron chi connectivity index (χ0n) is 9.80. The average molecular weight is 292 g/mol. The van der Waals surface area contributed by atoms with Crippen molar-refractivity contribution >= 4 is 28.2 Å². The van der Waals surface area contributed by atoms with Gasteiger partial charge in [0.05, 0.1) is 11.1 Å². The van der Waals surface area contributed by atoms with Crippen LogP contribution in [-0.2, 0) is 0 Å². The second-order valence-corrected chi connectivity index (χ2v) is 4.88. The number of nitrogens with zero attached hydrogens (tertiary/aromatic N) is 2.